The van der Waals surface area contributed by atoms with Gasteiger partial charge in [-0.15, -0.1) is 24.8 Å². The summed E-state index contributed by atoms with van der Waals surface area (Å²) in [5.74, 6) is 0.941. The molecule has 1 fully saturated rings. The van der Waals surface area contributed by atoms with Gasteiger partial charge in [-0.2, -0.15) is 0 Å². The summed E-state index contributed by atoms with van der Waals surface area (Å²) in [6.07, 6.45) is 9.93. The lowest BCUT2D eigenvalue weighted by Gasteiger charge is -2.35. The molecular formula is C19H28Cl2N4O. The van der Waals surface area contributed by atoms with Crippen molar-refractivity contribution in [2.45, 2.75) is 38.5 Å². The maximum Gasteiger partial charge on any atom is 0.224 e. The van der Waals surface area contributed by atoms with E-state index in [0.717, 1.165) is 29.9 Å². The number of anilines is 1. The van der Waals surface area contributed by atoms with Gasteiger partial charge in [0, 0.05) is 37.1 Å². The third kappa shape index (κ3) is 5.22. The number of halogens is 2. The van der Waals surface area contributed by atoms with Crippen molar-refractivity contribution in [2.75, 3.05) is 11.9 Å². The van der Waals surface area contributed by atoms with Crippen LogP contribution in [0, 0.1) is 5.41 Å². The number of nitrogens with one attached hydrogen (secondary N) is 1. The topological polar surface area (TPSA) is 72.9 Å². The summed E-state index contributed by atoms with van der Waals surface area (Å²) in [6, 6.07) is 7.83. The number of nitrogens with zero attached hydrogens (tertiary/aromatic N) is 2. The molecule has 0 spiro atoms. The third-order valence-corrected chi connectivity index (χ3v) is 5.11. The monoisotopic (exact) mass is 398 g/mol. The molecule has 1 aromatic carbocycles. The Morgan fingerprint density at radius 2 is 2.00 bits per heavy atom. The molecule has 0 unspecified atom stereocenters. The molecule has 3 N–H and O–H groups in total. The van der Waals surface area contributed by atoms with Crippen molar-refractivity contribution in [1.29, 1.82) is 0 Å². The molecule has 1 aromatic heterocycles. The Hall–Kier alpha value is -1.56. The molecule has 7 heteroatoms. The fraction of sp³-hybridized carbons (Fsp3) is 0.474. The van der Waals surface area contributed by atoms with Gasteiger partial charge in [-0.1, -0.05) is 31.4 Å². The average molecular weight is 399 g/mol. The maximum atomic E-state index is 12.5. The number of amides is 1. The molecule has 1 aliphatic carbocycles. The van der Waals surface area contributed by atoms with Gasteiger partial charge in [0.2, 0.25) is 5.91 Å². The summed E-state index contributed by atoms with van der Waals surface area (Å²) in [7, 11) is 1.96. The molecule has 0 aliphatic heterocycles. The van der Waals surface area contributed by atoms with E-state index < -0.39 is 0 Å². The summed E-state index contributed by atoms with van der Waals surface area (Å²) < 4.78 is 1.96. The smallest absolute Gasteiger partial charge is 0.224 e. The van der Waals surface area contributed by atoms with Crippen LogP contribution < -0.4 is 11.1 Å². The molecule has 26 heavy (non-hydrogen) atoms. The zero-order valence-corrected chi connectivity index (χ0v) is 16.7. The molecule has 1 heterocycles. The van der Waals surface area contributed by atoms with E-state index >= 15 is 0 Å². The van der Waals surface area contributed by atoms with Crippen LogP contribution in [0.1, 0.15) is 38.5 Å². The summed E-state index contributed by atoms with van der Waals surface area (Å²) in [6.45, 7) is 0.591. The van der Waals surface area contributed by atoms with Crippen molar-refractivity contribution in [3.05, 3.63) is 36.7 Å². The number of aryl methyl sites for hydroxylation is 1. The van der Waals surface area contributed by atoms with Crippen LogP contribution in [0.2, 0.25) is 0 Å². The van der Waals surface area contributed by atoms with Gasteiger partial charge in [0.1, 0.15) is 5.82 Å². The van der Waals surface area contributed by atoms with Crippen LogP contribution in [-0.4, -0.2) is 22.0 Å². The molecule has 0 atom stereocenters. The van der Waals surface area contributed by atoms with Crippen LogP contribution in [0.25, 0.3) is 11.4 Å². The van der Waals surface area contributed by atoms with Crippen LogP contribution >= 0.6 is 24.8 Å². The van der Waals surface area contributed by atoms with Crippen molar-refractivity contribution in [2.24, 2.45) is 18.2 Å². The standard InChI is InChI=1S/C19H26N4O.2ClH/c1-23-11-10-21-18(23)15-6-5-7-16(12-15)22-17(24)13-19(14-20)8-3-2-4-9-19;;/h5-7,10-12H,2-4,8-9,13-14,20H2,1H3,(H,22,24);2*1H. The van der Waals surface area contributed by atoms with Gasteiger partial charge in [0.15, 0.2) is 0 Å². The largest absolute Gasteiger partial charge is 0.334 e. The number of carbonyl (C=O) groups is 1. The van der Waals surface area contributed by atoms with Crippen molar-refractivity contribution in [3.63, 3.8) is 0 Å². The molecule has 5 nitrogen and oxygen atoms in total. The van der Waals surface area contributed by atoms with E-state index in [2.05, 4.69) is 10.3 Å². The van der Waals surface area contributed by atoms with Crippen LogP contribution in [0.4, 0.5) is 5.69 Å². The quantitative estimate of drug-likeness (QED) is 0.793. The lowest BCUT2D eigenvalue weighted by atomic mass is 9.71. The number of aromatic nitrogens is 2. The number of rotatable bonds is 5. The third-order valence-electron chi connectivity index (χ3n) is 5.11. The highest BCUT2D eigenvalue weighted by Crippen LogP contribution is 2.38. The van der Waals surface area contributed by atoms with Gasteiger partial charge in [-0.05, 0) is 36.9 Å². The van der Waals surface area contributed by atoms with Crippen LogP contribution in [0.15, 0.2) is 36.7 Å². The van der Waals surface area contributed by atoms with Gasteiger partial charge in [-0.25, -0.2) is 4.98 Å². The Bertz CT molecular complexity index is 711. The Balaban J connectivity index is 0.00000169. The average Bonchev–Trinajstić information content (AvgIpc) is 3.02. The molecule has 1 amide bonds. The van der Waals surface area contributed by atoms with Crippen molar-refractivity contribution < 1.29 is 4.79 Å². The second kappa shape index (κ2) is 9.95. The fourth-order valence-electron chi connectivity index (χ4n) is 3.68. The van der Waals surface area contributed by atoms with Crippen LogP contribution in [-0.2, 0) is 11.8 Å². The first kappa shape index (κ1) is 22.5. The molecule has 2 aromatic rings. The Kier molecular flexibility index (Phi) is 8.60. The van der Waals surface area contributed by atoms with Gasteiger partial charge < -0.3 is 15.6 Å². The van der Waals surface area contributed by atoms with Crippen molar-refractivity contribution in [1.82, 2.24) is 9.55 Å². The second-order valence-electron chi connectivity index (χ2n) is 6.93. The molecule has 0 saturated heterocycles. The van der Waals surface area contributed by atoms with E-state index in [0.29, 0.717) is 13.0 Å². The maximum absolute atomic E-state index is 12.5. The minimum atomic E-state index is -0.0143. The summed E-state index contributed by atoms with van der Waals surface area (Å²) >= 11 is 0. The summed E-state index contributed by atoms with van der Waals surface area (Å²) in [5.41, 5.74) is 7.78. The summed E-state index contributed by atoms with van der Waals surface area (Å²) in [4.78, 5) is 16.9. The zero-order valence-electron chi connectivity index (χ0n) is 15.1. The Labute approximate surface area is 167 Å². The molecule has 3 rings (SSSR count). The van der Waals surface area contributed by atoms with Crippen molar-refractivity contribution in [3.8, 4) is 11.4 Å². The van der Waals surface area contributed by atoms with Gasteiger partial charge in [-0.3, -0.25) is 4.79 Å². The van der Waals surface area contributed by atoms with Crippen LogP contribution in [0.5, 0.6) is 0 Å². The molecule has 144 valence electrons. The SMILES string of the molecule is Cl.Cl.Cn1ccnc1-c1cccc(NC(=O)CC2(CN)CCCCC2)c1. The van der Waals surface area contributed by atoms with E-state index in [-0.39, 0.29) is 36.1 Å². The number of nitrogens with two attached hydrogens (primary N) is 1. The van der Waals surface area contributed by atoms with Crippen LogP contribution in [0.3, 0.4) is 0 Å². The molecular weight excluding hydrogens is 371 g/mol. The molecule has 0 radical (unpaired) electrons. The van der Waals surface area contributed by atoms with E-state index in [1.54, 1.807) is 6.20 Å². The van der Waals surface area contributed by atoms with E-state index in [4.69, 9.17) is 5.73 Å². The normalized spacial score (nSPS) is 15.5. The number of imidazole rings is 1. The predicted octanol–water partition coefficient (Wildman–Crippen LogP) is 4.17. The molecule has 1 aliphatic rings. The predicted molar refractivity (Wildman–Crippen MR) is 111 cm³/mol. The zero-order chi connectivity index (χ0) is 17.0. The number of benzene rings is 1. The van der Waals surface area contributed by atoms with Crippen molar-refractivity contribution >= 4 is 36.4 Å². The van der Waals surface area contributed by atoms with E-state index in [1.165, 1.54) is 19.3 Å². The first-order valence-electron chi connectivity index (χ1n) is 8.70. The molecule has 1 saturated carbocycles. The summed E-state index contributed by atoms with van der Waals surface area (Å²) in [5, 5.41) is 3.04. The van der Waals surface area contributed by atoms with E-state index in [9.17, 15) is 4.79 Å². The fourth-order valence-corrected chi connectivity index (χ4v) is 3.68. The Morgan fingerprint density at radius 3 is 2.62 bits per heavy atom. The number of carbonyl (C=O) groups excluding carboxylic acids is 1. The minimum absolute atomic E-state index is 0. The van der Waals surface area contributed by atoms with Gasteiger partial charge in [0.25, 0.3) is 0 Å². The first-order valence-corrected chi connectivity index (χ1v) is 8.70. The highest BCUT2D eigenvalue weighted by atomic mass is 35.5. The highest BCUT2D eigenvalue weighted by molar-refractivity contribution is 5.91. The van der Waals surface area contributed by atoms with E-state index in [1.807, 2.05) is 42.1 Å². The number of hydrogen-bond donors (Lipinski definition) is 2. The Morgan fingerprint density at radius 1 is 1.27 bits per heavy atom. The lowest BCUT2D eigenvalue weighted by molar-refractivity contribution is -0.118. The minimum Gasteiger partial charge on any atom is -0.334 e. The highest BCUT2D eigenvalue weighted by Gasteiger charge is 2.32. The van der Waals surface area contributed by atoms with Gasteiger partial charge in [0.05, 0.1) is 0 Å². The number of hydrogen-bond acceptors (Lipinski definition) is 3. The van der Waals surface area contributed by atoms with Gasteiger partial charge >= 0.3 is 0 Å². The first-order chi connectivity index (χ1) is 11.6. The second-order valence-corrected chi connectivity index (χ2v) is 6.93. The molecule has 0 bridgehead atoms. The lowest BCUT2D eigenvalue weighted by Crippen LogP contribution is -2.36.